The Morgan fingerprint density at radius 3 is 3.04 bits per heavy atom. The normalized spacial score (nSPS) is 18.5. The Balaban J connectivity index is 1.63. The second-order valence-corrected chi connectivity index (χ2v) is 7.24. The molecule has 1 fully saturated rings. The lowest BCUT2D eigenvalue weighted by molar-refractivity contribution is 0.0117. The summed E-state index contributed by atoms with van der Waals surface area (Å²) in [5.41, 5.74) is -0.925. The molecule has 2 amide bonds. The van der Waals surface area contributed by atoms with Gasteiger partial charge in [0.1, 0.15) is 10.8 Å². The van der Waals surface area contributed by atoms with E-state index in [9.17, 15) is 9.90 Å². The Labute approximate surface area is 144 Å². The first kappa shape index (κ1) is 16.7. The number of hydrogen-bond acceptors (Lipinski definition) is 6. The number of rotatable bonds is 4. The van der Waals surface area contributed by atoms with Crippen LogP contribution >= 0.6 is 11.3 Å². The predicted octanol–water partition coefficient (Wildman–Crippen LogP) is 3.07. The van der Waals surface area contributed by atoms with Gasteiger partial charge in [0, 0.05) is 6.54 Å². The van der Waals surface area contributed by atoms with Gasteiger partial charge in [-0.1, -0.05) is 11.3 Å². The van der Waals surface area contributed by atoms with Gasteiger partial charge in [0.2, 0.25) is 5.13 Å². The van der Waals surface area contributed by atoms with Crippen LogP contribution in [0.3, 0.4) is 0 Å². The number of urea groups is 1. The van der Waals surface area contributed by atoms with E-state index in [1.807, 2.05) is 6.07 Å². The van der Waals surface area contributed by atoms with Crippen molar-refractivity contribution >= 4 is 34.7 Å². The van der Waals surface area contributed by atoms with Gasteiger partial charge in [-0.15, -0.1) is 10.2 Å². The fourth-order valence-electron chi connectivity index (χ4n) is 2.80. The summed E-state index contributed by atoms with van der Waals surface area (Å²) >= 11 is 1.28. The second kappa shape index (κ2) is 6.74. The van der Waals surface area contributed by atoms with Crippen molar-refractivity contribution < 1.29 is 14.3 Å². The van der Waals surface area contributed by atoms with Crippen LogP contribution in [0.15, 0.2) is 22.8 Å². The van der Waals surface area contributed by atoms with Gasteiger partial charge in [0.15, 0.2) is 0 Å². The van der Waals surface area contributed by atoms with Crippen LogP contribution in [0.1, 0.15) is 37.5 Å². The number of anilines is 1. The molecule has 1 aliphatic heterocycles. The number of aromatic nitrogens is 2. The summed E-state index contributed by atoms with van der Waals surface area (Å²) in [5.74, 6) is 0.723. The van der Waals surface area contributed by atoms with Crippen LogP contribution in [0.4, 0.5) is 9.93 Å². The van der Waals surface area contributed by atoms with Crippen molar-refractivity contribution in [1.29, 1.82) is 0 Å². The van der Waals surface area contributed by atoms with E-state index in [4.69, 9.17) is 4.42 Å². The number of furan rings is 1. The van der Waals surface area contributed by atoms with Crippen molar-refractivity contribution in [1.82, 2.24) is 15.1 Å². The predicted molar refractivity (Wildman–Crippen MR) is 92.6 cm³/mol. The molecule has 2 aromatic heterocycles. The highest BCUT2D eigenvalue weighted by molar-refractivity contribution is 7.16. The number of carbonyl (C=O) groups is 1. The van der Waals surface area contributed by atoms with Crippen LogP contribution < -0.4 is 5.32 Å². The molecule has 2 N–H and O–H groups in total. The third-order valence-electron chi connectivity index (χ3n) is 3.92. The summed E-state index contributed by atoms with van der Waals surface area (Å²) in [6.07, 6.45) is 6.85. The molecule has 1 aliphatic rings. The van der Waals surface area contributed by atoms with E-state index in [-0.39, 0.29) is 12.1 Å². The standard InChI is InChI=1S/C16H20N4O3S/c1-16(2,22)12-6-3-9-20(12)15(21)17-14-19-18-13(24-14)8-7-11-5-4-10-23-11/h4-5,7-8,10,12,22H,3,6,9H2,1-2H3,(H,17,19,21)/b8-7+. The molecule has 0 aromatic carbocycles. The van der Waals surface area contributed by atoms with Crippen LogP contribution in [0, 0.1) is 0 Å². The summed E-state index contributed by atoms with van der Waals surface area (Å²) in [7, 11) is 0. The molecule has 1 saturated heterocycles. The highest BCUT2D eigenvalue weighted by Gasteiger charge is 2.38. The smallest absolute Gasteiger partial charge is 0.324 e. The molecule has 8 heteroatoms. The van der Waals surface area contributed by atoms with E-state index in [1.54, 1.807) is 43.2 Å². The number of nitrogens with zero attached hydrogens (tertiary/aromatic N) is 3. The zero-order valence-corrected chi connectivity index (χ0v) is 14.4. The van der Waals surface area contributed by atoms with Gasteiger partial charge in [-0.3, -0.25) is 5.32 Å². The lowest BCUT2D eigenvalue weighted by Crippen LogP contribution is -2.49. The van der Waals surface area contributed by atoms with Gasteiger partial charge in [-0.25, -0.2) is 4.79 Å². The Kier molecular flexibility index (Phi) is 4.68. The monoisotopic (exact) mass is 348 g/mol. The molecule has 0 saturated carbocycles. The van der Waals surface area contributed by atoms with Crippen LogP contribution in [-0.2, 0) is 0 Å². The summed E-state index contributed by atoms with van der Waals surface area (Å²) in [6, 6.07) is 3.20. The average molecular weight is 348 g/mol. The fourth-order valence-corrected chi connectivity index (χ4v) is 3.44. The molecule has 7 nitrogen and oxygen atoms in total. The minimum absolute atomic E-state index is 0.191. The summed E-state index contributed by atoms with van der Waals surface area (Å²) in [4.78, 5) is 14.1. The maximum absolute atomic E-state index is 12.4. The van der Waals surface area contributed by atoms with Crippen LogP contribution in [-0.4, -0.2) is 44.4 Å². The molecule has 3 heterocycles. The van der Waals surface area contributed by atoms with Crippen LogP contribution in [0.5, 0.6) is 0 Å². The molecule has 1 unspecified atom stereocenters. The van der Waals surface area contributed by atoms with Crippen LogP contribution in [0.2, 0.25) is 0 Å². The van der Waals surface area contributed by atoms with Gasteiger partial charge in [0.25, 0.3) is 0 Å². The number of amides is 2. The van der Waals surface area contributed by atoms with E-state index >= 15 is 0 Å². The van der Waals surface area contributed by atoms with Crippen LogP contribution in [0.25, 0.3) is 12.2 Å². The molecule has 3 rings (SSSR count). The maximum Gasteiger partial charge on any atom is 0.324 e. The summed E-state index contributed by atoms with van der Waals surface area (Å²) < 4.78 is 5.21. The molecule has 128 valence electrons. The second-order valence-electron chi connectivity index (χ2n) is 6.23. The third-order valence-corrected chi connectivity index (χ3v) is 4.72. The van der Waals surface area contributed by atoms with Crippen molar-refractivity contribution in [3.8, 4) is 0 Å². The first-order chi connectivity index (χ1) is 11.4. The van der Waals surface area contributed by atoms with Gasteiger partial charge < -0.3 is 14.4 Å². The highest BCUT2D eigenvalue weighted by atomic mass is 32.1. The lowest BCUT2D eigenvalue weighted by atomic mass is 9.97. The third kappa shape index (κ3) is 3.82. The van der Waals surface area contributed by atoms with E-state index in [0.717, 1.165) is 18.6 Å². The first-order valence-corrected chi connectivity index (χ1v) is 8.60. The number of hydrogen-bond donors (Lipinski definition) is 2. The van der Waals surface area contributed by atoms with Gasteiger partial charge >= 0.3 is 6.03 Å². The molecule has 2 aromatic rings. The summed E-state index contributed by atoms with van der Waals surface area (Å²) in [6.45, 7) is 4.09. The molecule has 24 heavy (non-hydrogen) atoms. The molecule has 0 aliphatic carbocycles. The summed E-state index contributed by atoms with van der Waals surface area (Å²) in [5, 5.41) is 22.1. The number of nitrogens with one attached hydrogen (secondary N) is 1. The Morgan fingerprint density at radius 1 is 1.50 bits per heavy atom. The van der Waals surface area contributed by atoms with Gasteiger partial charge in [-0.2, -0.15) is 0 Å². The zero-order valence-electron chi connectivity index (χ0n) is 13.6. The van der Waals surface area contributed by atoms with E-state index in [2.05, 4.69) is 15.5 Å². The van der Waals surface area contributed by atoms with E-state index in [1.165, 1.54) is 11.3 Å². The average Bonchev–Trinajstić information content (AvgIpc) is 3.25. The molecular formula is C16H20N4O3S. The largest absolute Gasteiger partial charge is 0.465 e. The van der Waals surface area contributed by atoms with Crippen molar-refractivity contribution in [3.63, 3.8) is 0 Å². The number of carbonyl (C=O) groups excluding carboxylic acids is 1. The first-order valence-electron chi connectivity index (χ1n) is 7.78. The van der Waals surface area contributed by atoms with Crippen molar-refractivity contribution in [3.05, 3.63) is 29.2 Å². The molecule has 0 radical (unpaired) electrons. The quantitative estimate of drug-likeness (QED) is 0.886. The molecule has 0 bridgehead atoms. The zero-order chi connectivity index (χ0) is 17.2. The molecular weight excluding hydrogens is 328 g/mol. The minimum Gasteiger partial charge on any atom is -0.465 e. The van der Waals surface area contributed by atoms with Gasteiger partial charge in [-0.05, 0) is 51.0 Å². The minimum atomic E-state index is -0.925. The number of aliphatic hydroxyl groups is 1. The van der Waals surface area contributed by atoms with Crippen molar-refractivity contribution in [2.75, 3.05) is 11.9 Å². The SMILES string of the molecule is CC(C)(O)C1CCCN1C(=O)Nc1nnc(/C=C/c2ccco2)s1. The lowest BCUT2D eigenvalue weighted by Gasteiger charge is -2.33. The Hall–Kier alpha value is -2.19. The molecule has 1 atom stereocenters. The molecule has 0 spiro atoms. The number of likely N-dealkylation sites (tertiary alicyclic amines) is 1. The fraction of sp³-hybridized carbons (Fsp3) is 0.438. The Bertz CT molecular complexity index is 718. The van der Waals surface area contributed by atoms with Gasteiger partial charge in [0.05, 0.1) is 17.9 Å². The highest BCUT2D eigenvalue weighted by Crippen LogP contribution is 2.28. The van der Waals surface area contributed by atoms with Crippen molar-refractivity contribution in [2.24, 2.45) is 0 Å². The maximum atomic E-state index is 12.4. The topological polar surface area (TPSA) is 91.5 Å². The van der Waals surface area contributed by atoms with Crippen molar-refractivity contribution in [2.45, 2.75) is 38.3 Å². The van der Waals surface area contributed by atoms with E-state index in [0.29, 0.717) is 16.7 Å². The van der Waals surface area contributed by atoms with E-state index < -0.39 is 5.60 Å². The Morgan fingerprint density at radius 2 is 2.33 bits per heavy atom.